The third-order valence-electron chi connectivity index (χ3n) is 15.2. The zero-order valence-corrected chi connectivity index (χ0v) is 55.4. The Balaban J connectivity index is 0.000000155. The number of nitrogen functional groups attached to an aromatic ring is 1. The minimum absolute atomic E-state index is 0.124. The van der Waals surface area contributed by atoms with E-state index in [1.807, 2.05) is 27.8 Å². The second-order valence-electron chi connectivity index (χ2n) is 22.3. The van der Waals surface area contributed by atoms with E-state index >= 15 is 0 Å². The first-order chi connectivity index (χ1) is 43.6. The summed E-state index contributed by atoms with van der Waals surface area (Å²) < 4.78 is 49.8. The van der Waals surface area contributed by atoms with Gasteiger partial charge in [-0.2, -0.15) is 0 Å². The number of aromatic nitrogens is 2. The van der Waals surface area contributed by atoms with Crippen LogP contribution in [0.4, 0.5) is 26.4 Å². The van der Waals surface area contributed by atoms with Crippen LogP contribution in [-0.4, -0.2) is 80.7 Å². The molecule has 0 saturated heterocycles. The molecule has 90 heavy (non-hydrogen) atoms. The summed E-state index contributed by atoms with van der Waals surface area (Å²) in [5.41, 5.74) is 18.0. The monoisotopic (exact) mass is 1340 g/mol. The fraction of sp³-hybridized carbons (Fsp3) is 0.236. The Kier molecular flexibility index (Phi) is 24.5. The molecule has 2 saturated carbocycles. The highest BCUT2D eigenvalue weighted by Crippen LogP contribution is 2.35. The number of benzene rings is 8. The SMILES string of the molecule is BrCCC(c1ccccc1)c1ccccc1.CS(=O)(=O)Nc1ccc(-c2csc(N)n2)cc1.CS(=O)(=O)Nc1ccc(-c2csc(NC(=O)N(CCC(c3ccccc3)c3ccccc3)C3CC3)n2)cc1.c1ccc(C(CCNC2CC2)c2ccccc2)cc1. The van der Waals surface area contributed by atoms with Crippen LogP contribution in [0, 0.1) is 0 Å². The van der Waals surface area contributed by atoms with Crippen molar-refractivity contribution in [1.29, 1.82) is 0 Å². The Morgan fingerprint density at radius 1 is 0.511 bits per heavy atom. The fourth-order valence-corrected chi connectivity index (χ4v) is 13.4. The number of sulfonamides is 2. The number of rotatable bonds is 23. The average molecular weight is 1340 g/mol. The summed E-state index contributed by atoms with van der Waals surface area (Å²) in [5.74, 6) is 1.22. The van der Waals surface area contributed by atoms with Gasteiger partial charge in [-0.25, -0.2) is 31.6 Å². The maximum Gasteiger partial charge on any atom is 0.323 e. The number of thiazole rings is 2. The smallest absolute Gasteiger partial charge is 0.323 e. The van der Waals surface area contributed by atoms with Crippen molar-refractivity contribution in [2.24, 2.45) is 0 Å². The molecule has 2 amide bonds. The van der Waals surface area contributed by atoms with E-state index in [9.17, 15) is 21.6 Å². The van der Waals surface area contributed by atoms with Crippen LogP contribution in [0.1, 0.15) is 96.1 Å². The van der Waals surface area contributed by atoms with Gasteiger partial charge in [0.25, 0.3) is 0 Å². The Morgan fingerprint density at radius 2 is 0.878 bits per heavy atom. The number of hydrogen-bond acceptors (Lipinski definition) is 11. The lowest BCUT2D eigenvalue weighted by Crippen LogP contribution is -2.38. The molecule has 10 aromatic rings. The number of carbonyl (C=O) groups excluding carboxylic acids is 1. The molecule has 0 bridgehead atoms. The zero-order valence-electron chi connectivity index (χ0n) is 50.5. The van der Waals surface area contributed by atoms with E-state index in [1.165, 1.54) is 75.3 Å². The molecule has 2 aliphatic rings. The lowest BCUT2D eigenvalue weighted by Gasteiger charge is -2.26. The van der Waals surface area contributed by atoms with E-state index in [0.717, 1.165) is 78.6 Å². The molecule has 2 fully saturated rings. The number of halogens is 1. The predicted octanol–water partition coefficient (Wildman–Crippen LogP) is 16.7. The lowest BCUT2D eigenvalue weighted by molar-refractivity contribution is 0.207. The number of nitrogens with zero attached hydrogens (tertiary/aromatic N) is 3. The molecule has 0 spiro atoms. The predicted molar refractivity (Wildman–Crippen MR) is 378 cm³/mol. The highest BCUT2D eigenvalue weighted by Gasteiger charge is 2.33. The molecule has 2 aliphatic carbocycles. The van der Waals surface area contributed by atoms with Crippen LogP contribution in [0.5, 0.6) is 0 Å². The van der Waals surface area contributed by atoms with Gasteiger partial charge in [0.05, 0.1) is 23.9 Å². The maximum absolute atomic E-state index is 13.3. The van der Waals surface area contributed by atoms with Gasteiger partial charge in [0.2, 0.25) is 20.0 Å². The summed E-state index contributed by atoms with van der Waals surface area (Å²) in [7, 11) is -6.57. The largest absolute Gasteiger partial charge is 0.375 e. The van der Waals surface area contributed by atoms with E-state index in [4.69, 9.17) is 5.73 Å². The van der Waals surface area contributed by atoms with E-state index in [2.05, 4.69) is 216 Å². The first-order valence-electron chi connectivity index (χ1n) is 30.1. The summed E-state index contributed by atoms with van der Waals surface area (Å²) in [4.78, 5) is 24.0. The van der Waals surface area contributed by atoms with Gasteiger partial charge in [0.1, 0.15) is 0 Å². The lowest BCUT2D eigenvalue weighted by atomic mass is 9.88. The molecular weight excluding hydrogens is 1270 g/mol. The first kappa shape index (κ1) is 66.4. The number of amides is 2. The van der Waals surface area contributed by atoms with Gasteiger partial charge < -0.3 is 16.0 Å². The normalized spacial score (nSPS) is 12.8. The molecule has 0 aliphatic heterocycles. The van der Waals surface area contributed by atoms with E-state index < -0.39 is 20.0 Å². The van der Waals surface area contributed by atoms with Crippen LogP contribution in [0.2, 0.25) is 0 Å². The van der Waals surface area contributed by atoms with E-state index in [-0.39, 0.29) is 18.0 Å². The van der Waals surface area contributed by atoms with Crippen molar-refractivity contribution < 1.29 is 21.6 Å². The summed E-state index contributed by atoms with van der Waals surface area (Å²) >= 11 is 6.29. The molecule has 13 nitrogen and oxygen atoms in total. The number of hydrogen-bond donors (Lipinski definition) is 5. The molecule has 18 heteroatoms. The van der Waals surface area contributed by atoms with Crippen LogP contribution in [-0.2, 0) is 20.0 Å². The molecule has 2 heterocycles. The molecule has 0 atom stereocenters. The van der Waals surface area contributed by atoms with Crippen molar-refractivity contribution in [2.45, 2.75) is 74.8 Å². The Morgan fingerprint density at radius 3 is 1.22 bits per heavy atom. The second-order valence-corrected chi connectivity index (χ2v) is 28.3. The fourth-order valence-electron chi connectivity index (χ4n) is 10.5. The number of carbonyl (C=O) groups is 1. The quantitative estimate of drug-likeness (QED) is 0.0388. The van der Waals surface area contributed by atoms with E-state index in [1.54, 1.807) is 48.5 Å². The topological polar surface area (TPSA) is 189 Å². The van der Waals surface area contributed by atoms with Gasteiger partial charge in [-0.15, -0.1) is 22.7 Å². The molecule has 0 radical (unpaired) electrons. The molecule has 12 rings (SSSR count). The summed E-state index contributed by atoms with van der Waals surface area (Å²) in [6, 6.07) is 78.9. The Labute approximate surface area is 547 Å². The minimum Gasteiger partial charge on any atom is -0.375 e. The van der Waals surface area contributed by atoms with Crippen molar-refractivity contribution in [3.8, 4) is 22.5 Å². The number of nitrogens with one attached hydrogen (secondary N) is 4. The van der Waals surface area contributed by atoms with E-state index in [0.29, 0.717) is 40.0 Å². The van der Waals surface area contributed by atoms with Crippen LogP contribution < -0.4 is 25.8 Å². The number of anilines is 4. The average Bonchev–Trinajstić information content (AvgIpc) is 3.04. The van der Waals surface area contributed by atoms with Crippen LogP contribution in [0.25, 0.3) is 22.5 Å². The Hall–Kier alpha value is -7.97. The van der Waals surface area contributed by atoms with Gasteiger partial charge in [0.15, 0.2) is 10.3 Å². The highest BCUT2D eigenvalue weighted by molar-refractivity contribution is 9.09. The molecule has 2 aromatic heterocycles. The van der Waals surface area contributed by atoms with Crippen molar-refractivity contribution in [1.82, 2.24) is 20.2 Å². The van der Waals surface area contributed by atoms with Gasteiger partial charge in [-0.1, -0.05) is 222 Å². The zero-order chi connectivity index (χ0) is 63.1. The maximum atomic E-state index is 13.3. The molecule has 466 valence electrons. The summed E-state index contributed by atoms with van der Waals surface area (Å²) in [6.45, 7) is 1.76. The molecule has 0 unspecified atom stereocenters. The third-order valence-corrected chi connectivity index (χ3v) is 18.3. The van der Waals surface area contributed by atoms with Crippen molar-refractivity contribution in [2.75, 3.05) is 51.4 Å². The number of nitrogens with two attached hydrogens (primary N) is 1. The summed E-state index contributed by atoms with van der Waals surface area (Å²) in [5, 5.41) is 12.5. The highest BCUT2D eigenvalue weighted by atomic mass is 79.9. The van der Waals surface area contributed by atoms with Crippen LogP contribution >= 0.6 is 38.6 Å². The van der Waals surface area contributed by atoms with Crippen LogP contribution in [0.15, 0.2) is 241 Å². The Bertz CT molecular complexity index is 3860. The van der Waals surface area contributed by atoms with Crippen LogP contribution in [0.3, 0.4) is 0 Å². The molecule has 6 N–H and O–H groups in total. The van der Waals surface area contributed by atoms with Gasteiger partial charge in [-0.3, -0.25) is 14.8 Å². The summed E-state index contributed by atoms with van der Waals surface area (Å²) in [6.07, 6.45) is 10.1. The molecular formula is C72H77BrN8O5S4. The van der Waals surface area contributed by atoms with Crippen molar-refractivity contribution in [3.63, 3.8) is 0 Å². The van der Waals surface area contributed by atoms with Gasteiger partial charge >= 0.3 is 6.03 Å². The second kappa shape index (κ2) is 33.2. The molecule has 8 aromatic carbocycles. The van der Waals surface area contributed by atoms with Crippen molar-refractivity contribution >= 4 is 86.3 Å². The van der Waals surface area contributed by atoms with Crippen molar-refractivity contribution in [3.05, 3.63) is 275 Å². The van der Waals surface area contributed by atoms with Gasteiger partial charge in [-0.05, 0) is 109 Å². The minimum atomic E-state index is -3.33. The number of urea groups is 1. The number of alkyl halides is 1. The third kappa shape index (κ3) is 21.6. The standard InChI is InChI=1S/C29H30N4O3S2.C18H21N.C15H15Br.C10H11N3O2S2/c1-38(35,36)32-24-14-12-23(13-15-24)27-20-37-28(30-27)31-29(34)33(25-16-17-25)19-18-26(21-8-4-2-5-9-21)22-10-6-3-7-11-22;1-3-7-15(8-4-1)18(13-14-19-17-11-12-17)16-9-5-2-6-10-16;16-12-11-15(13-7-3-1-4-8-13)14-9-5-2-6-10-14;1-17(14,15)13-8-4-2-7(3-5-8)9-6-16-10(11)12-9/h2-15,20,25-26,32H,16-19H2,1H3,(H,30,31,34);1-10,17-19H,11-14H2;1-10,15H,11-12H2;2-6,13H,1H3,(H2,11,12). The first-order valence-corrected chi connectivity index (χ1v) is 36.8. The van der Waals surface area contributed by atoms with Gasteiger partial charge in [0, 0.05) is 75.0 Å².